The number of amides is 4. The SMILES string of the molecule is COc1cccc(NC(=O)N2CCN3C(=O)NC[C@H]3C2)c1. The highest BCUT2D eigenvalue weighted by Crippen LogP contribution is 2.19. The van der Waals surface area contributed by atoms with Crippen LogP contribution in [-0.4, -0.2) is 61.2 Å². The number of carbonyl (C=O) groups excluding carboxylic acids is 2. The molecule has 2 heterocycles. The van der Waals surface area contributed by atoms with Gasteiger partial charge in [0, 0.05) is 37.9 Å². The van der Waals surface area contributed by atoms with Crippen LogP contribution in [0.5, 0.6) is 5.75 Å². The van der Waals surface area contributed by atoms with Crippen molar-refractivity contribution in [1.29, 1.82) is 0 Å². The molecule has 112 valence electrons. The number of carbonyl (C=O) groups is 2. The second kappa shape index (κ2) is 5.51. The van der Waals surface area contributed by atoms with Crippen LogP contribution in [0, 0.1) is 0 Å². The molecule has 1 aromatic rings. The summed E-state index contributed by atoms with van der Waals surface area (Å²) >= 11 is 0. The van der Waals surface area contributed by atoms with E-state index in [9.17, 15) is 9.59 Å². The Balaban J connectivity index is 1.62. The molecule has 2 aliphatic heterocycles. The number of nitrogens with one attached hydrogen (secondary N) is 2. The number of methoxy groups -OCH3 is 1. The summed E-state index contributed by atoms with van der Waals surface area (Å²) in [6.45, 7) is 2.26. The van der Waals surface area contributed by atoms with Gasteiger partial charge in [0.05, 0.1) is 13.2 Å². The Kier molecular flexibility index (Phi) is 3.55. The molecule has 2 saturated heterocycles. The Hall–Kier alpha value is -2.44. The van der Waals surface area contributed by atoms with E-state index in [-0.39, 0.29) is 18.1 Å². The Morgan fingerprint density at radius 3 is 3.10 bits per heavy atom. The zero-order valence-electron chi connectivity index (χ0n) is 11.8. The van der Waals surface area contributed by atoms with E-state index in [1.807, 2.05) is 18.2 Å². The Morgan fingerprint density at radius 2 is 2.29 bits per heavy atom. The molecule has 0 aromatic heterocycles. The topological polar surface area (TPSA) is 73.9 Å². The standard InChI is InChI=1S/C14H18N4O3/c1-21-12-4-2-3-10(7-12)16-14(20)17-5-6-18-11(9-17)8-15-13(18)19/h2-4,7,11H,5-6,8-9H2,1H3,(H,15,19)(H,16,20)/t11-/m0/s1. The van der Waals surface area contributed by atoms with Gasteiger partial charge in [-0.05, 0) is 12.1 Å². The average molecular weight is 290 g/mol. The first-order chi connectivity index (χ1) is 10.2. The molecule has 1 atom stereocenters. The van der Waals surface area contributed by atoms with Crippen LogP contribution in [0.2, 0.25) is 0 Å². The highest BCUT2D eigenvalue weighted by atomic mass is 16.5. The third-order valence-corrected chi connectivity index (χ3v) is 3.84. The van der Waals surface area contributed by atoms with Gasteiger partial charge in [-0.1, -0.05) is 6.07 Å². The monoisotopic (exact) mass is 290 g/mol. The second-order valence-corrected chi connectivity index (χ2v) is 5.14. The van der Waals surface area contributed by atoms with E-state index in [2.05, 4.69) is 10.6 Å². The van der Waals surface area contributed by atoms with Gasteiger partial charge >= 0.3 is 12.1 Å². The van der Waals surface area contributed by atoms with Crippen LogP contribution < -0.4 is 15.4 Å². The third-order valence-electron chi connectivity index (χ3n) is 3.84. The molecule has 0 unspecified atom stereocenters. The second-order valence-electron chi connectivity index (χ2n) is 5.14. The van der Waals surface area contributed by atoms with Crippen LogP contribution in [0.1, 0.15) is 0 Å². The predicted octanol–water partition coefficient (Wildman–Crippen LogP) is 0.936. The van der Waals surface area contributed by atoms with Gasteiger partial charge in [0.25, 0.3) is 0 Å². The molecule has 0 spiro atoms. The van der Waals surface area contributed by atoms with Gasteiger partial charge < -0.3 is 25.2 Å². The summed E-state index contributed by atoms with van der Waals surface area (Å²) in [7, 11) is 1.59. The molecule has 2 fully saturated rings. The highest BCUT2D eigenvalue weighted by Gasteiger charge is 2.36. The van der Waals surface area contributed by atoms with E-state index < -0.39 is 0 Å². The minimum Gasteiger partial charge on any atom is -0.497 e. The van der Waals surface area contributed by atoms with Crippen molar-refractivity contribution < 1.29 is 14.3 Å². The average Bonchev–Trinajstić information content (AvgIpc) is 2.88. The van der Waals surface area contributed by atoms with Gasteiger partial charge in [-0.3, -0.25) is 0 Å². The van der Waals surface area contributed by atoms with Crippen molar-refractivity contribution in [3.63, 3.8) is 0 Å². The lowest BCUT2D eigenvalue weighted by Gasteiger charge is -2.36. The number of ether oxygens (including phenoxy) is 1. The molecule has 7 heteroatoms. The lowest BCUT2D eigenvalue weighted by molar-refractivity contribution is 0.136. The van der Waals surface area contributed by atoms with Gasteiger partial charge in [-0.2, -0.15) is 0 Å². The van der Waals surface area contributed by atoms with E-state index in [4.69, 9.17) is 4.74 Å². The molecule has 7 nitrogen and oxygen atoms in total. The molecule has 0 aliphatic carbocycles. The van der Waals surface area contributed by atoms with E-state index in [1.54, 1.807) is 23.0 Å². The highest BCUT2D eigenvalue weighted by molar-refractivity contribution is 5.90. The zero-order chi connectivity index (χ0) is 14.8. The van der Waals surface area contributed by atoms with Crippen LogP contribution >= 0.6 is 0 Å². The molecule has 0 saturated carbocycles. The number of urea groups is 2. The van der Waals surface area contributed by atoms with Gasteiger partial charge in [-0.15, -0.1) is 0 Å². The largest absolute Gasteiger partial charge is 0.497 e. The summed E-state index contributed by atoms with van der Waals surface area (Å²) in [4.78, 5) is 27.3. The van der Waals surface area contributed by atoms with Gasteiger partial charge in [0.2, 0.25) is 0 Å². The fourth-order valence-electron chi connectivity index (χ4n) is 2.69. The summed E-state index contributed by atoms with van der Waals surface area (Å²) in [5.74, 6) is 0.697. The number of fused-ring (bicyclic) bond motifs is 1. The molecule has 0 bridgehead atoms. The van der Waals surface area contributed by atoms with Crippen molar-refractivity contribution in [3.8, 4) is 5.75 Å². The fourth-order valence-corrected chi connectivity index (χ4v) is 2.69. The van der Waals surface area contributed by atoms with Gasteiger partial charge in [0.15, 0.2) is 0 Å². The number of rotatable bonds is 2. The maximum absolute atomic E-state index is 12.3. The Morgan fingerprint density at radius 1 is 1.43 bits per heavy atom. The molecule has 4 amide bonds. The lowest BCUT2D eigenvalue weighted by Crippen LogP contribution is -2.54. The summed E-state index contributed by atoms with van der Waals surface area (Å²) in [5, 5.41) is 5.66. The number of hydrogen-bond donors (Lipinski definition) is 2. The van der Waals surface area contributed by atoms with Crippen molar-refractivity contribution in [3.05, 3.63) is 24.3 Å². The number of benzene rings is 1. The molecular formula is C14H18N4O3. The fraction of sp³-hybridized carbons (Fsp3) is 0.429. The first-order valence-electron chi connectivity index (χ1n) is 6.92. The Labute approximate surface area is 122 Å². The zero-order valence-corrected chi connectivity index (χ0v) is 11.8. The van der Waals surface area contributed by atoms with Crippen molar-refractivity contribution in [2.45, 2.75) is 6.04 Å². The number of piperazine rings is 1. The summed E-state index contributed by atoms with van der Waals surface area (Å²) in [5.41, 5.74) is 0.697. The normalized spacial score (nSPS) is 20.8. The van der Waals surface area contributed by atoms with Gasteiger partial charge in [0.1, 0.15) is 5.75 Å². The number of nitrogens with zero attached hydrogens (tertiary/aromatic N) is 2. The molecule has 1 aromatic carbocycles. The minimum atomic E-state index is -0.151. The van der Waals surface area contributed by atoms with E-state index in [0.717, 1.165) is 0 Å². The maximum atomic E-state index is 12.3. The van der Waals surface area contributed by atoms with Crippen LogP contribution in [-0.2, 0) is 0 Å². The number of anilines is 1. The first-order valence-corrected chi connectivity index (χ1v) is 6.92. The third kappa shape index (κ3) is 2.72. The summed E-state index contributed by atoms with van der Waals surface area (Å²) < 4.78 is 5.13. The van der Waals surface area contributed by atoms with Crippen molar-refractivity contribution >= 4 is 17.7 Å². The minimum absolute atomic E-state index is 0.0344. The Bertz CT molecular complexity index is 563. The quantitative estimate of drug-likeness (QED) is 0.851. The molecule has 0 radical (unpaired) electrons. The smallest absolute Gasteiger partial charge is 0.321 e. The molecular weight excluding hydrogens is 272 g/mol. The first kappa shape index (κ1) is 13.5. The molecule has 3 rings (SSSR count). The van der Waals surface area contributed by atoms with Crippen LogP contribution in [0.25, 0.3) is 0 Å². The van der Waals surface area contributed by atoms with Crippen molar-refractivity contribution in [1.82, 2.24) is 15.1 Å². The van der Waals surface area contributed by atoms with E-state index in [0.29, 0.717) is 37.6 Å². The summed E-state index contributed by atoms with van der Waals surface area (Å²) in [6.07, 6.45) is 0. The van der Waals surface area contributed by atoms with Crippen LogP contribution in [0.3, 0.4) is 0 Å². The van der Waals surface area contributed by atoms with Crippen LogP contribution in [0.15, 0.2) is 24.3 Å². The molecule has 21 heavy (non-hydrogen) atoms. The number of hydrogen-bond acceptors (Lipinski definition) is 3. The molecule has 2 aliphatic rings. The van der Waals surface area contributed by atoms with Crippen molar-refractivity contribution in [2.75, 3.05) is 38.6 Å². The summed E-state index contributed by atoms with van der Waals surface area (Å²) in [6, 6.07) is 7.12. The van der Waals surface area contributed by atoms with E-state index >= 15 is 0 Å². The van der Waals surface area contributed by atoms with E-state index in [1.165, 1.54) is 0 Å². The molecule has 2 N–H and O–H groups in total. The van der Waals surface area contributed by atoms with Crippen molar-refractivity contribution in [2.24, 2.45) is 0 Å². The van der Waals surface area contributed by atoms with Crippen LogP contribution in [0.4, 0.5) is 15.3 Å². The maximum Gasteiger partial charge on any atom is 0.321 e. The lowest BCUT2D eigenvalue weighted by atomic mass is 10.2. The predicted molar refractivity (Wildman–Crippen MR) is 77.5 cm³/mol. The van der Waals surface area contributed by atoms with Gasteiger partial charge in [-0.25, -0.2) is 9.59 Å².